The minimum absolute atomic E-state index is 0.0216. The summed E-state index contributed by atoms with van der Waals surface area (Å²) in [4.78, 5) is 11.1. The Morgan fingerprint density at radius 1 is 1.29 bits per heavy atom. The van der Waals surface area contributed by atoms with Crippen LogP contribution >= 0.6 is 0 Å². The lowest BCUT2D eigenvalue weighted by Gasteiger charge is -2.42. The first-order chi connectivity index (χ1) is 7.93. The molecule has 1 aliphatic rings. The van der Waals surface area contributed by atoms with Gasteiger partial charge in [0.2, 0.25) is 5.91 Å². The number of hydrogen-bond acceptors (Lipinski definition) is 3. The fourth-order valence-corrected chi connectivity index (χ4v) is 2.28. The van der Waals surface area contributed by atoms with Crippen LogP contribution in [-0.2, 0) is 9.53 Å². The minimum Gasteiger partial charge on any atom is -0.373 e. The van der Waals surface area contributed by atoms with Crippen molar-refractivity contribution in [3.63, 3.8) is 0 Å². The van der Waals surface area contributed by atoms with Gasteiger partial charge in [0.25, 0.3) is 0 Å². The number of rotatable bonds is 5. The molecule has 1 aliphatic carbocycles. The van der Waals surface area contributed by atoms with E-state index < -0.39 is 0 Å². The Morgan fingerprint density at radius 3 is 2.35 bits per heavy atom. The molecule has 0 spiro atoms. The summed E-state index contributed by atoms with van der Waals surface area (Å²) >= 11 is 0. The van der Waals surface area contributed by atoms with E-state index in [1.54, 1.807) is 7.05 Å². The van der Waals surface area contributed by atoms with Gasteiger partial charge >= 0.3 is 0 Å². The summed E-state index contributed by atoms with van der Waals surface area (Å²) in [5.41, 5.74) is 6.07. The first-order valence-corrected chi connectivity index (χ1v) is 6.48. The molecule has 0 aromatic heterocycles. The molecule has 1 saturated carbocycles. The zero-order valence-electron chi connectivity index (χ0n) is 11.3. The van der Waals surface area contributed by atoms with E-state index in [-0.39, 0.29) is 11.5 Å². The number of carbonyl (C=O) groups excluding carboxylic acids is 1. The second-order valence-corrected chi connectivity index (χ2v) is 5.82. The Hall–Kier alpha value is -0.610. The van der Waals surface area contributed by atoms with Gasteiger partial charge in [-0.05, 0) is 31.1 Å². The van der Waals surface area contributed by atoms with E-state index in [1.165, 1.54) is 0 Å². The van der Waals surface area contributed by atoms with Crippen LogP contribution in [0.4, 0.5) is 0 Å². The summed E-state index contributed by atoms with van der Waals surface area (Å²) in [6.45, 7) is 5.60. The van der Waals surface area contributed by atoms with Crippen LogP contribution in [0.3, 0.4) is 0 Å². The molecule has 0 aliphatic heterocycles. The third kappa shape index (κ3) is 4.28. The van der Waals surface area contributed by atoms with Crippen molar-refractivity contribution >= 4 is 5.91 Å². The topological polar surface area (TPSA) is 64.3 Å². The largest absolute Gasteiger partial charge is 0.373 e. The van der Waals surface area contributed by atoms with Gasteiger partial charge in [0.1, 0.15) is 0 Å². The van der Waals surface area contributed by atoms with Crippen LogP contribution in [0.15, 0.2) is 0 Å². The summed E-state index contributed by atoms with van der Waals surface area (Å²) in [5.74, 6) is 0.0216. The first kappa shape index (κ1) is 14.5. The molecule has 1 amide bonds. The molecule has 3 N–H and O–H groups in total. The highest BCUT2D eigenvalue weighted by atomic mass is 16.5. The Labute approximate surface area is 104 Å². The maximum absolute atomic E-state index is 11.1. The van der Waals surface area contributed by atoms with Gasteiger partial charge in [-0.25, -0.2) is 0 Å². The predicted octanol–water partition coefficient (Wildman–Crippen LogP) is 1.44. The molecule has 0 heterocycles. The van der Waals surface area contributed by atoms with E-state index in [0.717, 1.165) is 25.7 Å². The molecule has 4 heteroatoms. The summed E-state index contributed by atoms with van der Waals surface area (Å²) in [7, 11) is 1.64. The normalized spacial score (nSPS) is 22.1. The van der Waals surface area contributed by atoms with E-state index in [2.05, 4.69) is 19.2 Å². The van der Waals surface area contributed by atoms with Gasteiger partial charge in [0.15, 0.2) is 0 Å². The molecule has 0 saturated heterocycles. The van der Waals surface area contributed by atoms with Crippen LogP contribution in [0.5, 0.6) is 0 Å². The van der Waals surface area contributed by atoms with E-state index in [0.29, 0.717) is 25.0 Å². The van der Waals surface area contributed by atoms with Crippen LogP contribution < -0.4 is 11.1 Å². The van der Waals surface area contributed by atoms with Gasteiger partial charge in [0.05, 0.1) is 12.2 Å². The Bertz CT molecular complexity index is 254. The van der Waals surface area contributed by atoms with E-state index in [4.69, 9.17) is 10.5 Å². The van der Waals surface area contributed by atoms with Crippen molar-refractivity contribution in [2.45, 2.75) is 51.6 Å². The predicted molar refractivity (Wildman–Crippen MR) is 68.7 cm³/mol. The average Bonchev–Trinajstić information content (AvgIpc) is 2.31. The van der Waals surface area contributed by atoms with Crippen molar-refractivity contribution in [3.8, 4) is 0 Å². The molecule has 17 heavy (non-hydrogen) atoms. The van der Waals surface area contributed by atoms with Crippen molar-refractivity contribution < 1.29 is 9.53 Å². The van der Waals surface area contributed by atoms with Gasteiger partial charge in [-0.2, -0.15) is 0 Å². The van der Waals surface area contributed by atoms with Crippen molar-refractivity contribution in [1.29, 1.82) is 0 Å². The SMILES string of the molecule is CNC(=O)CCOC1(CN)CCC(C)(C)CC1. The molecule has 0 bridgehead atoms. The molecule has 4 nitrogen and oxygen atoms in total. The number of ether oxygens (including phenoxy) is 1. The Balaban J connectivity index is 2.40. The summed E-state index contributed by atoms with van der Waals surface area (Å²) < 4.78 is 5.90. The zero-order valence-corrected chi connectivity index (χ0v) is 11.3. The number of nitrogens with two attached hydrogens (primary N) is 1. The molecule has 0 radical (unpaired) electrons. The van der Waals surface area contributed by atoms with E-state index in [1.807, 2.05) is 0 Å². The van der Waals surface area contributed by atoms with Crippen molar-refractivity contribution in [3.05, 3.63) is 0 Å². The highest BCUT2D eigenvalue weighted by Gasteiger charge is 2.38. The van der Waals surface area contributed by atoms with Crippen molar-refractivity contribution in [2.24, 2.45) is 11.1 Å². The van der Waals surface area contributed by atoms with Crippen LogP contribution in [0.2, 0.25) is 0 Å². The quantitative estimate of drug-likeness (QED) is 0.766. The fourth-order valence-electron chi connectivity index (χ4n) is 2.28. The second kappa shape index (κ2) is 5.83. The van der Waals surface area contributed by atoms with Gasteiger partial charge in [-0.3, -0.25) is 4.79 Å². The smallest absolute Gasteiger partial charge is 0.222 e. The molecular formula is C13H26N2O2. The molecule has 0 atom stereocenters. The second-order valence-electron chi connectivity index (χ2n) is 5.82. The molecule has 0 aromatic rings. The molecule has 1 rings (SSSR count). The third-order valence-electron chi connectivity index (χ3n) is 3.90. The van der Waals surface area contributed by atoms with E-state index >= 15 is 0 Å². The third-order valence-corrected chi connectivity index (χ3v) is 3.90. The van der Waals surface area contributed by atoms with Crippen molar-refractivity contribution in [1.82, 2.24) is 5.32 Å². The number of nitrogens with one attached hydrogen (secondary N) is 1. The van der Waals surface area contributed by atoms with Crippen LogP contribution in [-0.4, -0.2) is 31.7 Å². The minimum atomic E-state index is -0.191. The van der Waals surface area contributed by atoms with Crippen LogP contribution in [0.1, 0.15) is 46.0 Å². The van der Waals surface area contributed by atoms with Gasteiger partial charge in [-0.1, -0.05) is 13.8 Å². The first-order valence-electron chi connectivity index (χ1n) is 6.48. The lowest BCUT2D eigenvalue weighted by molar-refractivity contribution is -0.125. The van der Waals surface area contributed by atoms with Crippen LogP contribution in [0, 0.1) is 5.41 Å². The fraction of sp³-hybridized carbons (Fsp3) is 0.923. The molecule has 0 unspecified atom stereocenters. The monoisotopic (exact) mass is 242 g/mol. The van der Waals surface area contributed by atoms with Crippen molar-refractivity contribution in [2.75, 3.05) is 20.2 Å². The number of carbonyl (C=O) groups is 1. The van der Waals surface area contributed by atoms with Gasteiger partial charge in [-0.15, -0.1) is 0 Å². The zero-order chi connectivity index (χ0) is 12.9. The highest BCUT2D eigenvalue weighted by Crippen LogP contribution is 2.41. The van der Waals surface area contributed by atoms with Crippen LogP contribution in [0.25, 0.3) is 0 Å². The Morgan fingerprint density at radius 2 is 1.88 bits per heavy atom. The summed E-state index contributed by atoms with van der Waals surface area (Å²) in [6, 6.07) is 0. The molecular weight excluding hydrogens is 216 g/mol. The summed E-state index contributed by atoms with van der Waals surface area (Å²) in [6.07, 6.45) is 4.71. The lowest BCUT2D eigenvalue weighted by atomic mass is 9.71. The number of hydrogen-bond donors (Lipinski definition) is 2. The highest BCUT2D eigenvalue weighted by molar-refractivity contribution is 5.75. The molecule has 0 aromatic carbocycles. The lowest BCUT2D eigenvalue weighted by Crippen LogP contribution is -2.46. The standard InChI is InChI=1S/C13H26N2O2/c1-12(2)5-7-13(10-14,8-6-12)17-9-4-11(16)15-3/h4-10,14H2,1-3H3,(H,15,16). The van der Waals surface area contributed by atoms with Gasteiger partial charge in [0, 0.05) is 20.0 Å². The van der Waals surface area contributed by atoms with E-state index in [9.17, 15) is 4.79 Å². The summed E-state index contributed by atoms with van der Waals surface area (Å²) in [5, 5.41) is 2.60. The maximum Gasteiger partial charge on any atom is 0.222 e. The Kier molecular flexibility index (Phi) is 4.95. The maximum atomic E-state index is 11.1. The molecule has 1 fully saturated rings. The van der Waals surface area contributed by atoms with Gasteiger partial charge < -0.3 is 15.8 Å². The average molecular weight is 242 g/mol. The number of amides is 1. The molecule has 100 valence electrons.